The van der Waals surface area contributed by atoms with Gasteiger partial charge in [0.2, 0.25) is 0 Å². The van der Waals surface area contributed by atoms with E-state index in [1.165, 1.54) is 0 Å². The lowest BCUT2D eigenvalue weighted by molar-refractivity contribution is 0.171. The van der Waals surface area contributed by atoms with Crippen LogP contribution in [0.15, 0.2) is 24.3 Å². The van der Waals surface area contributed by atoms with Crippen LogP contribution < -0.4 is 20.5 Å². The molecule has 5 heteroatoms. The lowest BCUT2D eigenvalue weighted by Crippen LogP contribution is -2.29. The summed E-state index contributed by atoms with van der Waals surface area (Å²) in [6.07, 6.45) is 0. The Morgan fingerprint density at radius 2 is 2.21 bits per heavy atom. The van der Waals surface area contributed by atoms with E-state index in [2.05, 4.69) is 11.9 Å². The van der Waals surface area contributed by atoms with Gasteiger partial charge in [0.15, 0.2) is 11.5 Å². The third-order valence-electron chi connectivity index (χ3n) is 2.91. The summed E-state index contributed by atoms with van der Waals surface area (Å²) in [7, 11) is 0. The molecule has 0 saturated heterocycles. The number of nitrogens with one attached hydrogen (secondary N) is 1. The predicted molar refractivity (Wildman–Crippen MR) is 77.1 cm³/mol. The van der Waals surface area contributed by atoms with Crippen molar-refractivity contribution in [2.45, 2.75) is 13.0 Å². The third kappa shape index (κ3) is 3.41. The first-order chi connectivity index (χ1) is 9.11. The average Bonchev–Trinajstić information content (AvgIpc) is 2.39. The summed E-state index contributed by atoms with van der Waals surface area (Å²) >= 11 is 6.22. The van der Waals surface area contributed by atoms with Gasteiger partial charge in [0, 0.05) is 19.1 Å². The van der Waals surface area contributed by atoms with E-state index in [1.807, 2.05) is 19.1 Å². The van der Waals surface area contributed by atoms with Crippen molar-refractivity contribution >= 4 is 11.6 Å². The highest BCUT2D eigenvalue weighted by Gasteiger charge is 2.19. The molecular weight excluding hydrogens is 264 g/mol. The fourth-order valence-electron chi connectivity index (χ4n) is 1.97. The van der Waals surface area contributed by atoms with Crippen LogP contribution in [0, 0.1) is 0 Å². The van der Waals surface area contributed by atoms with Gasteiger partial charge in [-0.05, 0) is 24.6 Å². The second-order valence-electron chi connectivity index (χ2n) is 4.65. The molecule has 0 aromatic heterocycles. The van der Waals surface area contributed by atoms with Gasteiger partial charge in [-0.15, -0.1) is 0 Å². The van der Waals surface area contributed by atoms with Gasteiger partial charge in [0.05, 0.1) is 5.02 Å². The number of ether oxygens (including phenoxy) is 2. The maximum Gasteiger partial charge on any atom is 0.179 e. The highest BCUT2D eigenvalue weighted by Crippen LogP contribution is 2.39. The van der Waals surface area contributed by atoms with E-state index in [9.17, 15) is 0 Å². The molecule has 1 heterocycles. The van der Waals surface area contributed by atoms with E-state index < -0.39 is 0 Å². The maximum absolute atomic E-state index is 6.22. The Balaban J connectivity index is 2.23. The normalized spacial score (nSPS) is 15.1. The molecule has 0 bridgehead atoms. The summed E-state index contributed by atoms with van der Waals surface area (Å²) in [5.41, 5.74) is 7.87. The molecule has 0 amide bonds. The Hall–Kier alpha value is -1.23. The zero-order valence-corrected chi connectivity index (χ0v) is 11.8. The third-order valence-corrected chi connectivity index (χ3v) is 3.19. The first kappa shape index (κ1) is 14.2. The van der Waals surface area contributed by atoms with Crippen molar-refractivity contribution in [3.63, 3.8) is 0 Å². The second kappa shape index (κ2) is 6.28. The predicted octanol–water partition coefficient (Wildman–Crippen LogP) is 2.28. The largest absolute Gasteiger partial charge is 0.486 e. The molecule has 4 nitrogen and oxygen atoms in total. The first-order valence-corrected chi connectivity index (χ1v) is 6.66. The topological polar surface area (TPSA) is 56.5 Å². The van der Waals surface area contributed by atoms with Gasteiger partial charge < -0.3 is 20.5 Å². The summed E-state index contributed by atoms with van der Waals surface area (Å²) in [5, 5.41) is 3.90. The highest BCUT2D eigenvalue weighted by molar-refractivity contribution is 6.32. The summed E-state index contributed by atoms with van der Waals surface area (Å²) < 4.78 is 11.1. The van der Waals surface area contributed by atoms with Gasteiger partial charge in [-0.2, -0.15) is 0 Å². The molecule has 104 valence electrons. The van der Waals surface area contributed by atoms with Crippen LogP contribution in [0.1, 0.15) is 18.5 Å². The number of benzene rings is 1. The minimum Gasteiger partial charge on any atom is -0.486 e. The molecule has 19 heavy (non-hydrogen) atoms. The quantitative estimate of drug-likeness (QED) is 0.814. The van der Waals surface area contributed by atoms with Crippen molar-refractivity contribution in [3.05, 3.63) is 34.9 Å². The number of rotatable bonds is 5. The van der Waals surface area contributed by atoms with Crippen molar-refractivity contribution in [2.24, 2.45) is 5.73 Å². The van der Waals surface area contributed by atoms with Crippen LogP contribution >= 0.6 is 11.6 Å². The Labute approximate surface area is 118 Å². The minimum absolute atomic E-state index is 0.0185. The van der Waals surface area contributed by atoms with Gasteiger partial charge in [-0.25, -0.2) is 0 Å². The molecule has 2 rings (SSSR count). The molecule has 1 aliphatic rings. The van der Waals surface area contributed by atoms with E-state index in [-0.39, 0.29) is 6.04 Å². The lowest BCUT2D eigenvalue weighted by atomic mass is 10.1. The van der Waals surface area contributed by atoms with Crippen LogP contribution in [0.25, 0.3) is 0 Å². The molecule has 0 spiro atoms. The molecule has 1 aromatic carbocycles. The average molecular weight is 283 g/mol. The van der Waals surface area contributed by atoms with Crippen molar-refractivity contribution in [2.75, 3.05) is 26.3 Å². The highest BCUT2D eigenvalue weighted by atomic mass is 35.5. The Kier molecular flexibility index (Phi) is 4.69. The molecule has 0 radical (unpaired) electrons. The van der Waals surface area contributed by atoms with Crippen LogP contribution in [-0.4, -0.2) is 26.3 Å². The number of hydrogen-bond acceptors (Lipinski definition) is 4. The molecule has 1 unspecified atom stereocenters. The Morgan fingerprint density at radius 3 is 2.89 bits per heavy atom. The maximum atomic E-state index is 6.22. The van der Waals surface area contributed by atoms with Crippen LogP contribution in [0.3, 0.4) is 0 Å². The van der Waals surface area contributed by atoms with Crippen LogP contribution in [-0.2, 0) is 0 Å². The van der Waals surface area contributed by atoms with Crippen LogP contribution in [0.4, 0.5) is 0 Å². The minimum atomic E-state index is 0.0185. The monoisotopic (exact) mass is 282 g/mol. The van der Waals surface area contributed by atoms with E-state index in [0.717, 1.165) is 11.1 Å². The van der Waals surface area contributed by atoms with Crippen molar-refractivity contribution in [3.8, 4) is 11.5 Å². The standard InChI is InChI=1S/C14H19ClN2O2/c1-9(2)8-17-12(7-16)10-5-11(15)14-13(6-10)18-3-4-19-14/h5-6,12,17H,1,3-4,7-8,16H2,2H3. The number of nitrogens with two attached hydrogens (primary N) is 1. The zero-order valence-electron chi connectivity index (χ0n) is 11.0. The molecule has 0 aliphatic carbocycles. The van der Waals surface area contributed by atoms with E-state index in [0.29, 0.717) is 42.8 Å². The summed E-state index contributed by atoms with van der Waals surface area (Å²) in [4.78, 5) is 0. The molecular formula is C14H19ClN2O2. The number of fused-ring (bicyclic) bond motifs is 1. The molecule has 1 aromatic rings. The van der Waals surface area contributed by atoms with Crippen LogP contribution in [0.2, 0.25) is 5.02 Å². The van der Waals surface area contributed by atoms with Crippen LogP contribution in [0.5, 0.6) is 11.5 Å². The zero-order chi connectivity index (χ0) is 13.8. The van der Waals surface area contributed by atoms with E-state index in [4.69, 9.17) is 26.8 Å². The van der Waals surface area contributed by atoms with Gasteiger partial charge in [0.25, 0.3) is 0 Å². The van der Waals surface area contributed by atoms with Gasteiger partial charge in [-0.1, -0.05) is 23.8 Å². The van der Waals surface area contributed by atoms with Crippen molar-refractivity contribution in [1.82, 2.24) is 5.32 Å². The molecule has 1 aliphatic heterocycles. The summed E-state index contributed by atoms with van der Waals surface area (Å²) in [6.45, 7) is 8.10. The van der Waals surface area contributed by atoms with E-state index >= 15 is 0 Å². The van der Waals surface area contributed by atoms with Crippen molar-refractivity contribution < 1.29 is 9.47 Å². The molecule has 0 saturated carbocycles. The summed E-state index contributed by atoms with van der Waals surface area (Å²) in [6, 6.07) is 3.83. The number of halogens is 1. The van der Waals surface area contributed by atoms with Gasteiger partial charge in [0.1, 0.15) is 13.2 Å². The Morgan fingerprint density at radius 1 is 1.47 bits per heavy atom. The SMILES string of the molecule is C=C(C)CNC(CN)c1cc(Cl)c2c(c1)OCCO2. The van der Waals surface area contributed by atoms with E-state index in [1.54, 1.807) is 0 Å². The first-order valence-electron chi connectivity index (χ1n) is 6.28. The second-order valence-corrected chi connectivity index (χ2v) is 5.06. The molecule has 0 fully saturated rings. The summed E-state index contributed by atoms with van der Waals surface area (Å²) in [5.74, 6) is 1.30. The molecule has 3 N–H and O–H groups in total. The Bertz CT molecular complexity index is 477. The fourth-order valence-corrected chi connectivity index (χ4v) is 2.24. The number of hydrogen-bond donors (Lipinski definition) is 2. The van der Waals surface area contributed by atoms with Gasteiger partial charge in [-0.3, -0.25) is 0 Å². The molecule has 1 atom stereocenters. The van der Waals surface area contributed by atoms with Gasteiger partial charge >= 0.3 is 0 Å². The van der Waals surface area contributed by atoms with Crippen molar-refractivity contribution in [1.29, 1.82) is 0 Å². The lowest BCUT2D eigenvalue weighted by Gasteiger charge is -2.23. The fraction of sp³-hybridized carbons (Fsp3) is 0.429. The smallest absolute Gasteiger partial charge is 0.179 e.